The Morgan fingerprint density at radius 1 is 0.350 bits per heavy atom. The van der Waals surface area contributed by atoms with E-state index in [4.69, 9.17) is 48.9 Å². The van der Waals surface area contributed by atoms with Gasteiger partial charge in [0, 0.05) is 43.8 Å². The van der Waals surface area contributed by atoms with Crippen molar-refractivity contribution in [2.45, 2.75) is 25.7 Å². The molecule has 0 amide bonds. The third-order valence-electron chi connectivity index (χ3n) is 10.0. The predicted molar refractivity (Wildman–Crippen MR) is 252 cm³/mol. The van der Waals surface area contributed by atoms with Crippen LogP contribution in [0, 0.1) is 0 Å². The van der Waals surface area contributed by atoms with Crippen molar-refractivity contribution in [1.29, 1.82) is 0 Å². The van der Waals surface area contributed by atoms with Crippen LogP contribution >= 0.6 is 50.5 Å². The summed E-state index contributed by atoms with van der Waals surface area (Å²) in [6.45, 7) is 2.14. The van der Waals surface area contributed by atoms with Crippen LogP contribution in [0.3, 0.4) is 0 Å². The molecule has 12 nitrogen and oxygen atoms in total. The van der Waals surface area contributed by atoms with Gasteiger partial charge in [0.2, 0.25) is 0 Å². The van der Waals surface area contributed by atoms with Crippen molar-refractivity contribution in [2.24, 2.45) is 0 Å². The molecule has 4 aromatic carbocycles. The largest absolute Gasteiger partial charge is 0.494 e. The number of H-pyrrole nitrogens is 2. The van der Waals surface area contributed by atoms with Crippen molar-refractivity contribution >= 4 is 94.6 Å². The van der Waals surface area contributed by atoms with Gasteiger partial charge in [0.15, 0.2) is 23.3 Å². The highest BCUT2D eigenvalue weighted by Crippen LogP contribution is 2.40. The fraction of sp³-hybridized carbons (Fsp3) is 0.273. The van der Waals surface area contributed by atoms with Crippen LogP contribution in [-0.2, 0) is 0 Å². The second kappa shape index (κ2) is 18.2. The summed E-state index contributed by atoms with van der Waals surface area (Å²) in [5, 5.41) is 3.29. The van der Waals surface area contributed by atoms with Crippen LogP contribution < -0.4 is 18.9 Å². The van der Waals surface area contributed by atoms with E-state index in [9.17, 15) is 0 Å². The molecule has 0 radical (unpaired) electrons. The SMILES string of the molecule is SCCCOc1ccc2c(c1)-c1nc-2nc2[nH]c(nc3nc(nc4[nH]c(n1)c1ccc(OCCCS)cc41)-c1ccc(OCCCS)cc1-3)c1ccc(OCCCS)cc21. The molecule has 3 aromatic heterocycles. The van der Waals surface area contributed by atoms with Gasteiger partial charge in [0.1, 0.15) is 45.6 Å². The molecule has 60 heavy (non-hydrogen) atoms. The summed E-state index contributed by atoms with van der Waals surface area (Å²) in [6.07, 6.45) is 3.25. The molecule has 2 aliphatic heterocycles. The number of aromatic nitrogens is 8. The van der Waals surface area contributed by atoms with E-state index in [1.165, 1.54) is 0 Å². The summed E-state index contributed by atoms with van der Waals surface area (Å²) in [5.74, 6) is 7.64. The first-order valence-corrected chi connectivity index (χ1v) is 22.4. The molecule has 0 aliphatic carbocycles. The zero-order valence-electron chi connectivity index (χ0n) is 32.5. The van der Waals surface area contributed by atoms with Crippen molar-refractivity contribution in [2.75, 3.05) is 49.4 Å². The van der Waals surface area contributed by atoms with Gasteiger partial charge >= 0.3 is 0 Å². The third kappa shape index (κ3) is 8.29. The van der Waals surface area contributed by atoms with Gasteiger partial charge in [-0.15, -0.1) is 0 Å². The summed E-state index contributed by atoms with van der Waals surface area (Å²) >= 11 is 17.4. The van der Waals surface area contributed by atoms with E-state index < -0.39 is 0 Å². The van der Waals surface area contributed by atoms with E-state index in [0.717, 1.165) is 92.5 Å². The van der Waals surface area contributed by atoms with Crippen LogP contribution in [0.4, 0.5) is 0 Å². The van der Waals surface area contributed by atoms with Crippen LogP contribution in [-0.4, -0.2) is 89.3 Å². The molecule has 7 aromatic rings. The maximum Gasteiger partial charge on any atom is 0.164 e. The van der Waals surface area contributed by atoms with E-state index in [1.54, 1.807) is 0 Å². The Hall–Kier alpha value is -5.16. The number of hydrogen-bond acceptors (Lipinski definition) is 14. The minimum absolute atomic E-state index is 0.473. The highest BCUT2D eigenvalue weighted by atomic mass is 32.1. The van der Waals surface area contributed by atoms with Gasteiger partial charge in [0.25, 0.3) is 0 Å². The maximum atomic E-state index is 6.12. The fourth-order valence-electron chi connectivity index (χ4n) is 7.09. The van der Waals surface area contributed by atoms with Crippen LogP contribution in [0.1, 0.15) is 25.7 Å². The first-order chi connectivity index (χ1) is 29.5. The van der Waals surface area contributed by atoms with Gasteiger partial charge in [0.05, 0.1) is 26.4 Å². The first-order valence-electron chi connectivity index (χ1n) is 19.9. The highest BCUT2D eigenvalue weighted by molar-refractivity contribution is 7.80. The van der Waals surface area contributed by atoms with E-state index in [2.05, 4.69) is 60.5 Å². The van der Waals surface area contributed by atoms with E-state index in [-0.39, 0.29) is 0 Å². The third-order valence-corrected chi connectivity index (χ3v) is 11.3. The van der Waals surface area contributed by atoms with Crippen LogP contribution in [0.25, 0.3) is 89.7 Å². The molecule has 2 aliphatic rings. The quantitative estimate of drug-likeness (QED) is 0.0410. The monoisotopic (exact) mass is 874 g/mol. The number of rotatable bonds is 16. The lowest BCUT2D eigenvalue weighted by Crippen LogP contribution is -1.98. The lowest BCUT2D eigenvalue weighted by Gasteiger charge is -2.07. The van der Waals surface area contributed by atoms with E-state index in [0.29, 0.717) is 95.3 Å². The van der Waals surface area contributed by atoms with Crippen LogP contribution in [0.2, 0.25) is 0 Å². The molecule has 0 saturated carbocycles. The van der Waals surface area contributed by atoms with Crippen molar-refractivity contribution in [3.63, 3.8) is 0 Å². The Morgan fingerprint density at radius 3 is 1.03 bits per heavy atom. The minimum Gasteiger partial charge on any atom is -0.494 e. The molecule has 8 bridgehead atoms. The van der Waals surface area contributed by atoms with Crippen molar-refractivity contribution < 1.29 is 18.9 Å². The molecule has 0 saturated heterocycles. The van der Waals surface area contributed by atoms with Gasteiger partial charge in [-0.1, -0.05) is 0 Å². The number of ether oxygens (including phenoxy) is 4. The average molecular weight is 875 g/mol. The summed E-state index contributed by atoms with van der Waals surface area (Å²) in [7, 11) is 0. The number of nitrogens with one attached hydrogen (secondary N) is 2. The summed E-state index contributed by atoms with van der Waals surface area (Å²) in [6, 6.07) is 23.6. The number of thiol groups is 4. The first kappa shape index (κ1) is 40.3. The molecule has 0 fully saturated rings. The smallest absolute Gasteiger partial charge is 0.164 e. The molecule has 9 rings (SSSR count). The molecule has 0 unspecified atom stereocenters. The number of aromatic amines is 2. The summed E-state index contributed by atoms with van der Waals surface area (Å²) in [5.41, 5.74) is 5.44. The predicted octanol–water partition coefficient (Wildman–Crippen LogP) is 9.66. The second-order valence-electron chi connectivity index (χ2n) is 14.1. The van der Waals surface area contributed by atoms with Crippen LogP contribution in [0.15, 0.2) is 72.8 Å². The molecule has 0 atom stereocenters. The lowest BCUT2D eigenvalue weighted by molar-refractivity contribution is 0.319. The topological polar surface area (TPSA) is 146 Å². The molecule has 2 N–H and O–H groups in total. The van der Waals surface area contributed by atoms with Gasteiger partial charge in [-0.2, -0.15) is 50.5 Å². The minimum atomic E-state index is 0.473. The van der Waals surface area contributed by atoms with E-state index in [1.807, 2.05) is 72.8 Å². The molecule has 0 spiro atoms. The van der Waals surface area contributed by atoms with Crippen molar-refractivity contribution in [3.05, 3.63) is 72.8 Å². The van der Waals surface area contributed by atoms with Crippen molar-refractivity contribution in [3.8, 4) is 68.5 Å². The molecular formula is C44H42N8O4S4. The zero-order valence-corrected chi connectivity index (χ0v) is 36.1. The molecule has 16 heteroatoms. The van der Waals surface area contributed by atoms with Crippen molar-refractivity contribution in [1.82, 2.24) is 39.9 Å². The fourth-order valence-corrected chi connectivity index (χ4v) is 7.60. The standard InChI is InChI=1S/C44H42N8O4S4/c57-17-1-13-53-25-5-9-29-33(21-25)41-45-37(29)50-42-35-23-27(55-15-3-19-59)7-11-31(35)39(47-42)52-44-36-24-28(56-16-4-20-60)8-12-32(36)40(48-44)51-43-34-22-26(54-14-2-18-58)6-10-30(34)38(46-43)49-41/h5-12,21-24,57-60H,1-4,13-20H2,(H2,45,46,47,48,49,50,51,52). The average Bonchev–Trinajstić information content (AvgIpc) is 3.99. The number of benzene rings is 4. The lowest BCUT2D eigenvalue weighted by atomic mass is 10.1. The number of fused-ring (bicyclic) bond motifs is 20. The highest BCUT2D eigenvalue weighted by Gasteiger charge is 2.24. The Bertz CT molecular complexity index is 2690. The number of nitrogens with zero attached hydrogens (tertiary/aromatic N) is 6. The van der Waals surface area contributed by atoms with Gasteiger partial charge in [-0.25, -0.2) is 29.9 Å². The van der Waals surface area contributed by atoms with E-state index >= 15 is 0 Å². The number of hydrogen-bond donors (Lipinski definition) is 6. The molecule has 306 valence electrons. The van der Waals surface area contributed by atoms with Gasteiger partial charge < -0.3 is 28.9 Å². The Kier molecular flexibility index (Phi) is 12.2. The second-order valence-corrected chi connectivity index (χ2v) is 15.9. The summed E-state index contributed by atoms with van der Waals surface area (Å²) < 4.78 is 24.5. The van der Waals surface area contributed by atoms with Crippen LogP contribution in [0.5, 0.6) is 23.0 Å². The van der Waals surface area contributed by atoms with Gasteiger partial charge in [-0.3, -0.25) is 0 Å². The zero-order chi connectivity index (χ0) is 41.0. The Balaban J connectivity index is 1.34. The summed E-state index contributed by atoms with van der Waals surface area (Å²) in [4.78, 5) is 38.0. The molecular weight excluding hydrogens is 833 g/mol. The maximum absolute atomic E-state index is 6.12. The molecule has 5 heterocycles. The Labute approximate surface area is 368 Å². The normalized spacial score (nSPS) is 11.8. The Morgan fingerprint density at radius 2 is 0.667 bits per heavy atom. The van der Waals surface area contributed by atoms with Gasteiger partial charge in [-0.05, 0) is 121 Å².